The smallest absolute Gasteiger partial charge is 0.237 e. The van der Waals surface area contributed by atoms with Gasteiger partial charge in [-0.15, -0.1) is 0 Å². The first-order valence-electron chi connectivity index (χ1n) is 6.85. The maximum Gasteiger partial charge on any atom is 0.237 e. The zero-order valence-corrected chi connectivity index (χ0v) is 11.9. The largest absolute Gasteiger partial charge is 0.378 e. The van der Waals surface area contributed by atoms with Crippen molar-refractivity contribution in [1.29, 1.82) is 0 Å². The molecule has 5 nitrogen and oxygen atoms in total. The molecule has 0 radical (unpaired) electrons. The number of piperidine rings is 1. The van der Waals surface area contributed by atoms with Crippen LogP contribution in [0.1, 0.15) is 19.8 Å². The van der Waals surface area contributed by atoms with Gasteiger partial charge in [-0.3, -0.25) is 4.79 Å². The Morgan fingerprint density at radius 3 is 2.89 bits per heavy atom. The van der Waals surface area contributed by atoms with E-state index in [-0.39, 0.29) is 11.9 Å². The van der Waals surface area contributed by atoms with Crippen LogP contribution < -0.4 is 10.6 Å². The van der Waals surface area contributed by atoms with E-state index in [2.05, 4.69) is 22.5 Å². The lowest BCUT2D eigenvalue weighted by Gasteiger charge is -2.28. The first kappa shape index (κ1) is 15.4. The number of nitrogens with one attached hydrogen (secondary N) is 2. The molecule has 0 spiro atoms. The lowest BCUT2D eigenvalue weighted by Crippen LogP contribution is -2.51. The summed E-state index contributed by atoms with van der Waals surface area (Å²) in [6.45, 7) is 5.87. The van der Waals surface area contributed by atoms with Crippen LogP contribution in [-0.4, -0.2) is 63.8 Å². The highest BCUT2D eigenvalue weighted by Crippen LogP contribution is 2.15. The third-order valence-corrected chi connectivity index (χ3v) is 3.28. The van der Waals surface area contributed by atoms with E-state index in [9.17, 15) is 4.79 Å². The number of carbonyl (C=O) groups excluding carboxylic acids is 1. The molecule has 0 aromatic rings. The summed E-state index contributed by atoms with van der Waals surface area (Å²) in [6, 6.07) is -0.0273. The Bertz CT molecular complexity index is 246. The van der Waals surface area contributed by atoms with Crippen LogP contribution >= 0.6 is 0 Å². The third kappa shape index (κ3) is 5.80. The van der Waals surface area contributed by atoms with Gasteiger partial charge in [0, 0.05) is 13.1 Å². The van der Waals surface area contributed by atoms with Crippen LogP contribution in [0.2, 0.25) is 0 Å². The number of nitrogens with zero attached hydrogens (tertiary/aromatic N) is 1. The Balaban J connectivity index is 2.06. The Kier molecular flexibility index (Phi) is 7.23. The molecule has 2 N–H and O–H groups in total. The number of ether oxygens (including phenoxy) is 1. The summed E-state index contributed by atoms with van der Waals surface area (Å²) >= 11 is 0. The summed E-state index contributed by atoms with van der Waals surface area (Å²) in [5, 5.41) is 6.21. The van der Waals surface area contributed by atoms with Crippen LogP contribution in [0.25, 0.3) is 0 Å². The van der Waals surface area contributed by atoms with E-state index in [4.69, 9.17) is 4.74 Å². The molecule has 106 valence electrons. The molecule has 1 saturated heterocycles. The van der Waals surface area contributed by atoms with Gasteiger partial charge in [-0.1, -0.05) is 6.92 Å². The number of carbonyl (C=O) groups is 1. The summed E-state index contributed by atoms with van der Waals surface area (Å²) in [5.41, 5.74) is 0. The molecule has 0 aromatic carbocycles. The van der Waals surface area contributed by atoms with Gasteiger partial charge in [-0.25, -0.2) is 0 Å². The van der Waals surface area contributed by atoms with Crippen LogP contribution in [0.15, 0.2) is 0 Å². The highest BCUT2D eigenvalue weighted by atomic mass is 16.5. The number of rotatable bonds is 7. The average molecular weight is 257 g/mol. The fourth-order valence-corrected chi connectivity index (χ4v) is 2.11. The van der Waals surface area contributed by atoms with Crippen molar-refractivity contribution in [2.75, 3.05) is 46.9 Å². The minimum absolute atomic E-state index is 0.0273. The van der Waals surface area contributed by atoms with Crippen molar-refractivity contribution in [2.24, 2.45) is 5.92 Å². The third-order valence-electron chi connectivity index (χ3n) is 3.28. The molecule has 0 aliphatic carbocycles. The van der Waals surface area contributed by atoms with Crippen LogP contribution in [0.3, 0.4) is 0 Å². The highest BCUT2D eigenvalue weighted by molar-refractivity contribution is 5.82. The molecule has 0 aromatic heterocycles. The van der Waals surface area contributed by atoms with Gasteiger partial charge in [0.1, 0.15) is 0 Å². The predicted octanol–water partition coefficient (Wildman–Crippen LogP) is 0.0689. The molecule has 1 heterocycles. The monoisotopic (exact) mass is 257 g/mol. The molecule has 1 amide bonds. The van der Waals surface area contributed by atoms with E-state index in [1.165, 1.54) is 6.42 Å². The molecule has 1 fully saturated rings. The summed E-state index contributed by atoms with van der Waals surface area (Å²) in [5.74, 6) is 0.534. The van der Waals surface area contributed by atoms with Crippen LogP contribution in [0, 0.1) is 5.92 Å². The molecular formula is C13H27N3O2. The van der Waals surface area contributed by atoms with Crippen LogP contribution in [0.5, 0.6) is 0 Å². The second-order valence-electron chi connectivity index (χ2n) is 5.26. The Morgan fingerprint density at radius 2 is 2.22 bits per heavy atom. The number of likely N-dealkylation sites (N-methyl/N-ethyl adjacent to an activating group) is 1. The van der Waals surface area contributed by atoms with Crippen molar-refractivity contribution in [3.05, 3.63) is 0 Å². The molecule has 2 unspecified atom stereocenters. The molecule has 1 rings (SSSR count). The van der Waals surface area contributed by atoms with Crippen molar-refractivity contribution >= 4 is 5.91 Å². The minimum atomic E-state index is -0.0273. The fraction of sp³-hybridized carbons (Fsp3) is 0.923. The van der Waals surface area contributed by atoms with Gasteiger partial charge in [0.15, 0.2) is 0 Å². The van der Waals surface area contributed by atoms with Crippen LogP contribution in [0.4, 0.5) is 0 Å². The Morgan fingerprint density at radius 1 is 1.44 bits per heavy atom. The first-order valence-corrected chi connectivity index (χ1v) is 6.85. The summed E-state index contributed by atoms with van der Waals surface area (Å²) in [6.07, 6.45) is 2.29. The molecule has 1 aliphatic heterocycles. The lowest BCUT2D eigenvalue weighted by atomic mass is 9.92. The normalized spacial score (nSPS) is 24.2. The maximum absolute atomic E-state index is 11.9. The van der Waals surface area contributed by atoms with E-state index >= 15 is 0 Å². The quantitative estimate of drug-likeness (QED) is 0.634. The first-order chi connectivity index (χ1) is 8.61. The molecule has 0 bridgehead atoms. The van der Waals surface area contributed by atoms with E-state index in [1.54, 1.807) is 0 Å². The van der Waals surface area contributed by atoms with Crippen molar-refractivity contribution in [2.45, 2.75) is 25.8 Å². The highest BCUT2D eigenvalue weighted by Gasteiger charge is 2.26. The predicted molar refractivity (Wildman–Crippen MR) is 72.6 cm³/mol. The molecule has 2 atom stereocenters. The average Bonchev–Trinajstić information content (AvgIpc) is 2.33. The summed E-state index contributed by atoms with van der Waals surface area (Å²) in [7, 11) is 4.03. The van der Waals surface area contributed by atoms with Gasteiger partial charge < -0.3 is 20.3 Å². The van der Waals surface area contributed by atoms with Crippen LogP contribution in [-0.2, 0) is 9.53 Å². The van der Waals surface area contributed by atoms with E-state index < -0.39 is 0 Å². The van der Waals surface area contributed by atoms with Gasteiger partial charge in [0.25, 0.3) is 0 Å². The molecule has 5 heteroatoms. The molecular weight excluding hydrogens is 230 g/mol. The van der Waals surface area contributed by atoms with Crippen molar-refractivity contribution < 1.29 is 9.53 Å². The van der Waals surface area contributed by atoms with Crippen molar-refractivity contribution in [1.82, 2.24) is 15.5 Å². The number of amides is 1. The van der Waals surface area contributed by atoms with E-state index in [0.29, 0.717) is 25.7 Å². The van der Waals surface area contributed by atoms with Gasteiger partial charge in [0.05, 0.1) is 19.3 Å². The fourth-order valence-electron chi connectivity index (χ4n) is 2.11. The molecule has 18 heavy (non-hydrogen) atoms. The molecule has 0 saturated carbocycles. The van der Waals surface area contributed by atoms with Gasteiger partial charge in [0.2, 0.25) is 5.91 Å². The zero-order chi connectivity index (χ0) is 13.4. The SMILES string of the molecule is CC1CCCNC1C(=O)NCCOCCN(C)C. The van der Waals surface area contributed by atoms with E-state index in [1.807, 2.05) is 14.1 Å². The van der Waals surface area contributed by atoms with Gasteiger partial charge in [-0.2, -0.15) is 0 Å². The minimum Gasteiger partial charge on any atom is -0.378 e. The standard InChI is InChI=1S/C13H27N3O2/c1-11-5-4-6-14-12(11)13(17)15-7-9-18-10-8-16(2)3/h11-12,14H,4-10H2,1-3H3,(H,15,17). The molecule has 1 aliphatic rings. The Hall–Kier alpha value is -0.650. The summed E-state index contributed by atoms with van der Waals surface area (Å²) < 4.78 is 5.43. The lowest BCUT2D eigenvalue weighted by molar-refractivity contribution is -0.125. The second-order valence-corrected chi connectivity index (χ2v) is 5.26. The Labute approximate surface area is 110 Å². The maximum atomic E-state index is 11.9. The zero-order valence-electron chi connectivity index (χ0n) is 11.9. The second kappa shape index (κ2) is 8.45. The van der Waals surface area contributed by atoms with Crippen molar-refractivity contribution in [3.63, 3.8) is 0 Å². The number of hydrogen-bond acceptors (Lipinski definition) is 4. The van der Waals surface area contributed by atoms with E-state index in [0.717, 1.165) is 19.5 Å². The number of hydrogen-bond donors (Lipinski definition) is 2. The topological polar surface area (TPSA) is 53.6 Å². The van der Waals surface area contributed by atoms with Crippen molar-refractivity contribution in [3.8, 4) is 0 Å². The summed E-state index contributed by atoms with van der Waals surface area (Å²) in [4.78, 5) is 14.0. The van der Waals surface area contributed by atoms with Gasteiger partial charge >= 0.3 is 0 Å². The van der Waals surface area contributed by atoms with Gasteiger partial charge in [-0.05, 0) is 39.4 Å².